The third kappa shape index (κ3) is 4.21. The molecule has 0 spiro atoms. The first-order valence-corrected chi connectivity index (χ1v) is 11.0. The summed E-state index contributed by atoms with van der Waals surface area (Å²) >= 11 is 1.38. The lowest BCUT2D eigenvalue weighted by molar-refractivity contribution is 0.102. The van der Waals surface area contributed by atoms with Gasteiger partial charge in [-0.15, -0.1) is 11.3 Å². The Bertz CT molecular complexity index is 1070. The number of amides is 1. The van der Waals surface area contributed by atoms with Gasteiger partial charge in [-0.25, -0.2) is 4.98 Å². The average molecular weight is 442 g/mol. The molecule has 2 aliphatic rings. The summed E-state index contributed by atoms with van der Waals surface area (Å²) in [6.07, 6.45) is 2.64. The summed E-state index contributed by atoms with van der Waals surface area (Å²) in [5, 5.41) is 12.4. The van der Waals surface area contributed by atoms with Gasteiger partial charge in [-0.05, 0) is 25.1 Å². The summed E-state index contributed by atoms with van der Waals surface area (Å²) in [6.45, 7) is 3.68. The molecule has 31 heavy (non-hydrogen) atoms. The lowest BCUT2D eigenvalue weighted by Crippen LogP contribution is -2.21. The van der Waals surface area contributed by atoms with Gasteiger partial charge in [0.2, 0.25) is 0 Å². The number of hydrogen-bond acceptors (Lipinski definition) is 8. The molecule has 3 aromatic rings. The third-order valence-corrected chi connectivity index (χ3v) is 6.22. The number of carbonyl (C=O) groups excluding carboxylic acids is 1. The van der Waals surface area contributed by atoms with Gasteiger partial charge >= 0.3 is 0 Å². The molecule has 1 unspecified atom stereocenters. The summed E-state index contributed by atoms with van der Waals surface area (Å²) in [5.74, 6) is 2.33. The van der Waals surface area contributed by atoms with Crippen LogP contribution in [0.15, 0.2) is 29.8 Å². The molecule has 1 amide bonds. The smallest absolute Gasteiger partial charge is 0.277 e. The largest absolute Gasteiger partial charge is 0.496 e. The van der Waals surface area contributed by atoms with Crippen LogP contribution in [0.2, 0.25) is 0 Å². The Morgan fingerprint density at radius 3 is 2.94 bits per heavy atom. The number of nitrogens with one attached hydrogen (secondary N) is 2. The van der Waals surface area contributed by atoms with E-state index in [-0.39, 0.29) is 11.8 Å². The van der Waals surface area contributed by atoms with Crippen LogP contribution in [-0.2, 0) is 6.54 Å². The zero-order chi connectivity index (χ0) is 21.2. The monoisotopic (exact) mass is 441 g/mol. The number of H-pyrrole nitrogens is 1. The fraction of sp³-hybridized carbons (Fsp3) is 0.381. The second kappa shape index (κ2) is 8.56. The summed E-state index contributed by atoms with van der Waals surface area (Å²) in [6, 6.07) is 5.75. The quantitative estimate of drug-likeness (QED) is 0.606. The molecule has 1 fully saturated rings. The molecule has 4 heterocycles. The molecule has 0 radical (unpaired) electrons. The summed E-state index contributed by atoms with van der Waals surface area (Å²) in [7, 11) is 1.67. The van der Waals surface area contributed by atoms with Crippen molar-refractivity contribution in [2.45, 2.75) is 18.9 Å². The van der Waals surface area contributed by atoms with Crippen LogP contribution in [0.3, 0.4) is 0 Å². The van der Waals surface area contributed by atoms with Crippen LogP contribution >= 0.6 is 11.3 Å². The lowest BCUT2D eigenvalue weighted by atomic mass is 10.0. The van der Waals surface area contributed by atoms with Crippen molar-refractivity contribution < 1.29 is 19.0 Å². The minimum Gasteiger partial charge on any atom is -0.496 e. The van der Waals surface area contributed by atoms with E-state index in [9.17, 15) is 4.79 Å². The number of rotatable bonds is 6. The van der Waals surface area contributed by atoms with E-state index < -0.39 is 0 Å². The van der Waals surface area contributed by atoms with Crippen molar-refractivity contribution in [3.63, 3.8) is 0 Å². The first-order chi connectivity index (χ1) is 15.2. The Hall–Kier alpha value is -3.11. The number of methoxy groups -OCH3 is 1. The van der Waals surface area contributed by atoms with Gasteiger partial charge in [0.25, 0.3) is 5.91 Å². The molecular formula is C21H23N5O4S. The lowest BCUT2D eigenvalue weighted by Gasteiger charge is -2.23. The molecular weight excluding hydrogens is 418 g/mol. The first kappa shape index (κ1) is 19.8. The number of aromatic amines is 1. The van der Waals surface area contributed by atoms with Crippen molar-refractivity contribution in [2.24, 2.45) is 0 Å². The van der Waals surface area contributed by atoms with Crippen molar-refractivity contribution >= 4 is 22.4 Å². The Kier molecular flexibility index (Phi) is 5.47. The molecule has 1 saturated heterocycles. The summed E-state index contributed by atoms with van der Waals surface area (Å²) < 4.78 is 17.0. The van der Waals surface area contributed by atoms with Crippen LogP contribution in [0.1, 0.15) is 34.1 Å². The van der Waals surface area contributed by atoms with E-state index in [1.54, 1.807) is 13.3 Å². The molecule has 5 rings (SSSR count). The van der Waals surface area contributed by atoms with Gasteiger partial charge in [0.1, 0.15) is 19.0 Å². The van der Waals surface area contributed by atoms with Crippen molar-refractivity contribution in [3.05, 3.63) is 46.7 Å². The SMILES string of the molecule is COc1cc2c(cc1CN1CCC(c3cc(C(=O)Nc4nccs4)n[nH]3)C1)OCCO2. The van der Waals surface area contributed by atoms with Crippen LogP contribution in [0.25, 0.3) is 0 Å². The fourth-order valence-electron chi connectivity index (χ4n) is 4.01. The van der Waals surface area contributed by atoms with Crippen LogP contribution in [0.4, 0.5) is 5.13 Å². The van der Waals surface area contributed by atoms with Crippen molar-refractivity contribution in [3.8, 4) is 17.2 Å². The maximum atomic E-state index is 12.4. The second-order valence-electron chi connectivity index (χ2n) is 7.53. The van der Waals surface area contributed by atoms with Gasteiger partial charge in [-0.3, -0.25) is 20.1 Å². The molecule has 1 atom stereocenters. The highest BCUT2D eigenvalue weighted by Crippen LogP contribution is 2.38. The van der Waals surface area contributed by atoms with E-state index in [0.29, 0.717) is 24.0 Å². The van der Waals surface area contributed by atoms with Crippen LogP contribution < -0.4 is 19.5 Å². The van der Waals surface area contributed by atoms with E-state index >= 15 is 0 Å². The summed E-state index contributed by atoms with van der Waals surface area (Å²) in [4.78, 5) is 18.8. The van der Waals surface area contributed by atoms with E-state index in [2.05, 4.69) is 25.4 Å². The molecule has 10 heteroatoms. The number of hydrogen-bond donors (Lipinski definition) is 2. The number of anilines is 1. The molecule has 0 saturated carbocycles. The predicted molar refractivity (Wildman–Crippen MR) is 115 cm³/mol. The van der Waals surface area contributed by atoms with E-state index in [1.807, 2.05) is 23.6 Å². The van der Waals surface area contributed by atoms with Gasteiger partial charge in [0, 0.05) is 47.9 Å². The van der Waals surface area contributed by atoms with Gasteiger partial charge in [-0.1, -0.05) is 0 Å². The molecule has 0 aliphatic carbocycles. The topological polar surface area (TPSA) is 102 Å². The average Bonchev–Trinajstić information content (AvgIpc) is 3.55. The maximum absolute atomic E-state index is 12.4. The molecule has 2 aliphatic heterocycles. The van der Waals surface area contributed by atoms with Crippen LogP contribution in [-0.4, -0.2) is 59.4 Å². The molecule has 2 N–H and O–H groups in total. The Labute approximate surface area is 183 Å². The number of fused-ring (bicyclic) bond motifs is 1. The highest BCUT2D eigenvalue weighted by atomic mass is 32.1. The van der Waals surface area contributed by atoms with Crippen molar-refractivity contribution in [1.29, 1.82) is 0 Å². The van der Waals surface area contributed by atoms with E-state index in [0.717, 1.165) is 54.6 Å². The number of ether oxygens (including phenoxy) is 3. The molecule has 2 aromatic heterocycles. The van der Waals surface area contributed by atoms with Crippen LogP contribution in [0, 0.1) is 0 Å². The van der Waals surface area contributed by atoms with E-state index in [4.69, 9.17) is 14.2 Å². The minimum absolute atomic E-state index is 0.256. The van der Waals surface area contributed by atoms with Gasteiger partial charge in [0.05, 0.1) is 7.11 Å². The molecule has 162 valence electrons. The Balaban J connectivity index is 1.24. The maximum Gasteiger partial charge on any atom is 0.277 e. The van der Waals surface area contributed by atoms with Crippen molar-refractivity contribution in [2.75, 3.05) is 38.7 Å². The standard InChI is InChI=1S/C21H23N5O4S/c1-28-17-10-19-18(29-5-6-30-19)8-14(17)12-26-4-2-13(11-26)15-9-16(25-24-15)20(27)23-21-22-3-7-31-21/h3,7-10,13H,2,4-6,11-12H2,1H3,(H,24,25)(H,22,23,27). The molecule has 1 aromatic carbocycles. The number of thiazole rings is 1. The highest BCUT2D eigenvalue weighted by Gasteiger charge is 2.27. The number of nitrogens with zero attached hydrogens (tertiary/aromatic N) is 3. The number of carbonyl (C=O) groups is 1. The van der Waals surface area contributed by atoms with Gasteiger partial charge in [-0.2, -0.15) is 5.10 Å². The summed E-state index contributed by atoms with van der Waals surface area (Å²) in [5.41, 5.74) is 2.42. The molecule has 0 bridgehead atoms. The Morgan fingerprint density at radius 2 is 2.16 bits per heavy atom. The zero-order valence-corrected chi connectivity index (χ0v) is 17.9. The number of benzene rings is 1. The highest BCUT2D eigenvalue weighted by molar-refractivity contribution is 7.13. The second-order valence-corrected chi connectivity index (χ2v) is 8.42. The zero-order valence-electron chi connectivity index (χ0n) is 17.1. The van der Waals surface area contributed by atoms with E-state index in [1.165, 1.54) is 11.3 Å². The van der Waals surface area contributed by atoms with Gasteiger partial charge in [0.15, 0.2) is 22.3 Å². The van der Waals surface area contributed by atoms with Gasteiger partial charge < -0.3 is 14.2 Å². The molecule has 9 nitrogen and oxygen atoms in total. The third-order valence-electron chi connectivity index (χ3n) is 5.53. The number of aromatic nitrogens is 3. The van der Waals surface area contributed by atoms with Crippen LogP contribution in [0.5, 0.6) is 17.2 Å². The number of likely N-dealkylation sites (tertiary alicyclic amines) is 1. The fourth-order valence-corrected chi connectivity index (χ4v) is 4.53. The first-order valence-electron chi connectivity index (χ1n) is 10.1. The Morgan fingerprint density at radius 1 is 1.32 bits per heavy atom. The van der Waals surface area contributed by atoms with Crippen molar-refractivity contribution in [1.82, 2.24) is 20.1 Å². The minimum atomic E-state index is -0.256. The normalized spacial score (nSPS) is 18.2. The predicted octanol–water partition coefficient (Wildman–Crippen LogP) is 2.89.